The van der Waals surface area contributed by atoms with Gasteiger partial charge in [-0.15, -0.1) is 0 Å². The van der Waals surface area contributed by atoms with Crippen molar-refractivity contribution in [2.75, 3.05) is 11.9 Å². The number of nitrogens with one attached hydrogen (secondary N) is 1. The fourth-order valence-electron chi connectivity index (χ4n) is 3.24. The van der Waals surface area contributed by atoms with Crippen LogP contribution in [0.5, 0.6) is 5.75 Å². The molecule has 148 valence electrons. The minimum atomic E-state index is -0.143. The van der Waals surface area contributed by atoms with Crippen molar-refractivity contribution in [1.29, 1.82) is 0 Å². The first-order valence-electron chi connectivity index (χ1n) is 10.0. The zero-order chi connectivity index (χ0) is 20.6. The molecule has 1 amide bonds. The quantitative estimate of drug-likeness (QED) is 0.404. The third-order valence-electron chi connectivity index (χ3n) is 4.85. The van der Waals surface area contributed by atoms with E-state index in [1.54, 1.807) is 0 Å². The maximum atomic E-state index is 12.6. The van der Waals surface area contributed by atoms with Crippen molar-refractivity contribution in [3.63, 3.8) is 0 Å². The molecule has 0 aliphatic carbocycles. The number of hydrogen-bond acceptors (Lipinski definition) is 2. The zero-order valence-corrected chi connectivity index (χ0v) is 16.6. The van der Waals surface area contributed by atoms with Crippen molar-refractivity contribution < 1.29 is 9.53 Å². The number of carbonyl (C=O) groups excluding carboxylic acids is 1. The molecule has 4 rings (SSSR count). The summed E-state index contributed by atoms with van der Waals surface area (Å²) in [6, 6.07) is 35.4. The van der Waals surface area contributed by atoms with E-state index in [0.717, 1.165) is 23.3 Å². The molecule has 0 atom stereocenters. The van der Waals surface area contributed by atoms with E-state index in [1.807, 2.05) is 84.9 Å². The number of ether oxygens (including phenoxy) is 1. The van der Waals surface area contributed by atoms with Crippen molar-refractivity contribution in [2.24, 2.45) is 0 Å². The number of rotatable bonds is 7. The minimum Gasteiger partial charge on any atom is -0.493 e. The van der Waals surface area contributed by atoms with Crippen LogP contribution < -0.4 is 10.1 Å². The summed E-state index contributed by atoms with van der Waals surface area (Å²) < 4.78 is 5.85. The number of amides is 1. The van der Waals surface area contributed by atoms with Gasteiger partial charge in [0.25, 0.3) is 5.91 Å². The van der Waals surface area contributed by atoms with Gasteiger partial charge in [0.2, 0.25) is 0 Å². The van der Waals surface area contributed by atoms with Crippen LogP contribution in [-0.4, -0.2) is 12.5 Å². The Kier molecular flexibility index (Phi) is 6.21. The monoisotopic (exact) mass is 393 g/mol. The smallest absolute Gasteiger partial charge is 0.255 e. The third kappa shape index (κ3) is 5.15. The van der Waals surface area contributed by atoms with Gasteiger partial charge >= 0.3 is 0 Å². The summed E-state index contributed by atoms with van der Waals surface area (Å²) >= 11 is 0. The Morgan fingerprint density at radius 3 is 2.10 bits per heavy atom. The van der Waals surface area contributed by atoms with E-state index >= 15 is 0 Å². The van der Waals surface area contributed by atoms with Gasteiger partial charge < -0.3 is 10.1 Å². The molecule has 0 bridgehead atoms. The van der Waals surface area contributed by atoms with Crippen LogP contribution >= 0.6 is 0 Å². The lowest BCUT2D eigenvalue weighted by Gasteiger charge is -2.10. The second-order valence-electron chi connectivity index (χ2n) is 7.01. The first kappa shape index (κ1) is 19.5. The predicted octanol–water partition coefficient (Wildman–Crippen LogP) is 6.23. The lowest BCUT2D eigenvalue weighted by molar-refractivity contribution is 0.102. The van der Waals surface area contributed by atoms with E-state index in [4.69, 9.17) is 4.74 Å². The van der Waals surface area contributed by atoms with Crippen LogP contribution in [0.15, 0.2) is 109 Å². The molecule has 4 aromatic rings. The van der Waals surface area contributed by atoms with Crippen LogP contribution in [-0.2, 0) is 6.42 Å². The van der Waals surface area contributed by atoms with E-state index in [9.17, 15) is 4.79 Å². The Morgan fingerprint density at radius 2 is 1.37 bits per heavy atom. The van der Waals surface area contributed by atoms with Crippen LogP contribution in [0.4, 0.5) is 5.69 Å². The Labute approximate surface area is 177 Å². The highest BCUT2D eigenvalue weighted by atomic mass is 16.5. The molecule has 0 aliphatic rings. The Hall–Kier alpha value is -3.85. The molecule has 0 aliphatic heterocycles. The van der Waals surface area contributed by atoms with Gasteiger partial charge in [0, 0.05) is 23.7 Å². The lowest BCUT2D eigenvalue weighted by atomic mass is 10.0. The average Bonchev–Trinajstić information content (AvgIpc) is 2.81. The van der Waals surface area contributed by atoms with Crippen LogP contribution in [0, 0.1) is 0 Å². The average molecular weight is 393 g/mol. The number of benzene rings is 4. The van der Waals surface area contributed by atoms with E-state index in [-0.39, 0.29) is 5.91 Å². The normalized spacial score (nSPS) is 10.4. The Balaban J connectivity index is 1.35. The van der Waals surface area contributed by atoms with Gasteiger partial charge in [-0.1, -0.05) is 78.9 Å². The third-order valence-corrected chi connectivity index (χ3v) is 4.85. The van der Waals surface area contributed by atoms with Crippen molar-refractivity contribution in [1.82, 2.24) is 0 Å². The minimum absolute atomic E-state index is 0.143. The molecular weight excluding hydrogens is 370 g/mol. The summed E-state index contributed by atoms with van der Waals surface area (Å²) in [4.78, 5) is 12.6. The first-order chi connectivity index (χ1) is 14.8. The molecule has 0 saturated heterocycles. The first-order valence-corrected chi connectivity index (χ1v) is 10.0. The summed E-state index contributed by atoms with van der Waals surface area (Å²) in [6.45, 7) is 0.586. The number of hydrogen-bond donors (Lipinski definition) is 1. The van der Waals surface area contributed by atoms with Gasteiger partial charge in [0.1, 0.15) is 5.75 Å². The molecule has 0 aromatic heterocycles. The standard InChI is InChI=1S/C27H23NO2/c29-27(24-16-14-23(15-17-24)22-10-5-2-6-11-22)28-25-12-7-13-26(20-25)30-19-18-21-8-3-1-4-9-21/h1-17,20H,18-19H2,(H,28,29). The van der Waals surface area contributed by atoms with Gasteiger partial charge in [0.15, 0.2) is 0 Å². The van der Waals surface area contributed by atoms with Crippen molar-refractivity contribution >= 4 is 11.6 Å². The summed E-state index contributed by atoms with van der Waals surface area (Å²) in [7, 11) is 0. The van der Waals surface area contributed by atoms with Gasteiger partial charge in [-0.25, -0.2) is 0 Å². The van der Waals surface area contributed by atoms with Crippen LogP contribution in [0.2, 0.25) is 0 Å². The van der Waals surface area contributed by atoms with Gasteiger partial charge in [0.05, 0.1) is 6.61 Å². The van der Waals surface area contributed by atoms with Crippen LogP contribution in [0.25, 0.3) is 11.1 Å². The molecule has 3 heteroatoms. The molecule has 4 aromatic carbocycles. The summed E-state index contributed by atoms with van der Waals surface area (Å²) in [5.41, 5.74) is 4.78. The molecule has 1 N–H and O–H groups in total. The van der Waals surface area contributed by atoms with Gasteiger partial charge in [-0.3, -0.25) is 4.79 Å². The zero-order valence-electron chi connectivity index (χ0n) is 16.6. The fourth-order valence-corrected chi connectivity index (χ4v) is 3.24. The fraction of sp³-hybridized carbons (Fsp3) is 0.0741. The van der Waals surface area contributed by atoms with Crippen molar-refractivity contribution in [2.45, 2.75) is 6.42 Å². The highest BCUT2D eigenvalue weighted by Gasteiger charge is 2.07. The van der Waals surface area contributed by atoms with Crippen LogP contribution in [0.1, 0.15) is 15.9 Å². The highest BCUT2D eigenvalue weighted by molar-refractivity contribution is 6.04. The van der Waals surface area contributed by atoms with Crippen LogP contribution in [0.3, 0.4) is 0 Å². The highest BCUT2D eigenvalue weighted by Crippen LogP contribution is 2.21. The predicted molar refractivity (Wildman–Crippen MR) is 122 cm³/mol. The lowest BCUT2D eigenvalue weighted by Crippen LogP contribution is -2.11. The molecule has 0 spiro atoms. The maximum Gasteiger partial charge on any atom is 0.255 e. The van der Waals surface area contributed by atoms with Crippen molar-refractivity contribution in [3.05, 3.63) is 120 Å². The maximum absolute atomic E-state index is 12.6. The molecule has 0 fully saturated rings. The number of carbonyl (C=O) groups is 1. The second-order valence-corrected chi connectivity index (χ2v) is 7.01. The SMILES string of the molecule is O=C(Nc1cccc(OCCc2ccccc2)c1)c1ccc(-c2ccccc2)cc1. The number of anilines is 1. The van der Waals surface area contributed by atoms with Crippen molar-refractivity contribution in [3.8, 4) is 16.9 Å². The molecule has 0 unspecified atom stereocenters. The molecule has 30 heavy (non-hydrogen) atoms. The largest absolute Gasteiger partial charge is 0.493 e. The molecule has 0 saturated carbocycles. The molecule has 3 nitrogen and oxygen atoms in total. The molecular formula is C27H23NO2. The second kappa shape index (κ2) is 9.57. The van der Waals surface area contributed by atoms with Gasteiger partial charge in [-0.05, 0) is 41.0 Å². The topological polar surface area (TPSA) is 38.3 Å². The molecule has 0 heterocycles. The van der Waals surface area contributed by atoms with E-state index in [2.05, 4.69) is 29.6 Å². The Bertz CT molecular complexity index is 1090. The van der Waals surface area contributed by atoms with E-state index in [0.29, 0.717) is 17.9 Å². The Morgan fingerprint density at radius 1 is 0.700 bits per heavy atom. The molecule has 0 radical (unpaired) electrons. The summed E-state index contributed by atoms with van der Waals surface area (Å²) in [5.74, 6) is 0.596. The van der Waals surface area contributed by atoms with E-state index in [1.165, 1.54) is 5.56 Å². The van der Waals surface area contributed by atoms with E-state index < -0.39 is 0 Å². The summed E-state index contributed by atoms with van der Waals surface area (Å²) in [5, 5.41) is 2.95. The van der Waals surface area contributed by atoms with Gasteiger partial charge in [-0.2, -0.15) is 0 Å². The summed E-state index contributed by atoms with van der Waals surface area (Å²) in [6.07, 6.45) is 0.838.